The van der Waals surface area contributed by atoms with E-state index in [2.05, 4.69) is 42.8 Å². The van der Waals surface area contributed by atoms with Crippen LogP contribution in [-0.2, 0) is 20.0 Å². The standard InChI is InChI=1S/C22H25N5O2/c1-5-7-8-16-9-11-17(12-10-16)27-15(3)14-26-18-19(23-21(26)27)24(4)22(29)25(13-6-2)20(18)28/h6,9-12,14H,2,5,7-8,13H2,1,3-4H3. The SMILES string of the molecule is C=CCn1c(=O)c2c(nc3n(-c4ccc(CCCC)cc4)c(C)cn23)n(C)c1=O. The zero-order chi connectivity index (χ0) is 20.7. The summed E-state index contributed by atoms with van der Waals surface area (Å²) in [6.45, 7) is 7.98. The molecule has 0 spiro atoms. The van der Waals surface area contributed by atoms with Gasteiger partial charge < -0.3 is 0 Å². The monoisotopic (exact) mass is 391 g/mol. The summed E-state index contributed by atoms with van der Waals surface area (Å²) in [6, 6.07) is 8.42. The van der Waals surface area contributed by atoms with Crippen molar-refractivity contribution in [3.05, 3.63) is 75.2 Å². The maximum atomic E-state index is 13.0. The lowest BCUT2D eigenvalue weighted by atomic mass is 10.1. The number of hydrogen-bond donors (Lipinski definition) is 0. The van der Waals surface area contributed by atoms with Gasteiger partial charge in [-0.1, -0.05) is 31.6 Å². The number of rotatable bonds is 6. The lowest BCUT2D eigenvalue weighted by molar-refractivity contribution is 0.667. The first kappa shape index (κ1) is 19.0. The highest BCUT2D eigenvalue weighted by Gasteiger charge is 2.20. The predicted molar refractivity (Wildman–Crippen MR) is 115 cm³/mol. The van der Waals surface area contributed by atoms with Gasteiger partial charge in [0.1, 0.15) is 0 Å². The molecule has 0 saturated carbocycles. The molecule has 150 valence electrons. The van der Waals surface area contributed by atoms with Gasteiger partial charge in [0.05, 0.1) is 0 Å². The fourth-order valence-electron chi connectivity index (χ4n) is 3.81. The highest BCUT2D eigenvalue weighted by molar-refractivity contribution is 5.76. The normalized spacial score (nSPS) is 11.6. The zero-order valence-corrected chi connectivity index (χ0v) is 17.1. The lowest BCUT2D eigenvalue weighted by Gasteiger charge is -2.07. The largest absolute Gasteiger partial charge is 0.332 e. The summed E-state index contributed by atoms with van der Waals surface area (Å²) in [5.74, 6) is 0.613. The molecule has 7 heteroatoms. The van der Waals surface area contributed by atoms with Crippen molar-refractivity contribution in [2.75, 3.05) is 0 Å². The third-order valence-electron chi connectivity index (χ3n) is 5.35. The van der Waals surface area contributed by atoms with E-state index in [-0.39, 0.29) is 12.1 Å². The van der Waals surface area contributed by atoms with E-state index in [0.717, 1.165) is 17.8 Å². The van der Waals surface area contributed by atoms with Crippen LogP contribution in [0.15, 0.2) is 52.7 Å². The van der Waals surface area contributed by atoms with Crippen LogP contribution in [0.3, 0.4) is 0 Å². The quantitative estimate of drug-likeness (QED) is 0.475. The third kappa shape index (κ3) is 2.93. The van der Waals surface area contributed by atoms with Gasteiger partial charge in [-0.15, -0.1) is 6.58 Å². The van der Waals surface area contributed by atoms with Crippen LogP contribution in [-0.4, -0.2) is 23.1 Å². The Hall–Kier alpha value is -3.35. The summed E-state index contributed by atoms with van der Waals surface area (Å²) in [5, 5.41) is 0. The third-order valence-corrected chi connectivity index (χ3v) is 5.35. The van der Waals surface area contributed by atoms with E-state index in [1.165, 1.54) is 27.5 Å². The summed E-state index contributed by atoms with van der Waals surface area (Å²) in [4.78, 5) is 30.2. The van der Waals surface area contributed by atoms with E-state index in [0.29, 0.717) is 16.9 Å². The van der Waals surface area contributed by atoms with Crippen LogP contribution in [0.5, 0.6) is 0 Å². The Morgan fingerprint density at radius 1 is 1.17 bits per heavy atom. The van der Waals surface area contributed by atoms with Gasteiger partial charge in [-0.05, 0) is 37.5 Å². The Balaban J connectivity index is 1.95. The summed E-state index contributed by atoms with van der Waals surface area (Å²) in [5.41, 5.74) is 3.26. The molecule has 0 saturated heterocycles. The first-order chi connectivity index (χ1) is 14.0. The zero-order valence-electron chi connectivity index (χ0n) is 17.1. The maximum Gasteiger partial charge on any atom is 0.332 e. The number of fused-ring (bicyclic) bond motifs is 3. The fourth-order valence-corrected chi connectivity index (χ4v) is 3.81. The van der Waals surface area contributed by atoms with E-state index < -0.39 is 5.69 Å². The Morgan fingerprint density at radius 2 is 1.90 bits per heavy atom. The van der Waals surface area contributed by atoms with Crippen molar-refractivity contribution in [3.8, 4) is 5.69 Å². The summed E-state index contributed by atoms with van der Waals surface area (Å²) in [7, 11) is 1.63. The van der Waals surface area contributed by atoms with Crippen molar-refractivity contribution in [3.63, 3.8) is 0 Å². The first-order valence-electron chi connectivity index (χ1n) is 9.88. The van der Waals surface area contributed by atoms with Gasteiger partial charge in [0.25, 0.3) is 5.56 Å². The first-order valence-corrected chi connectivity index (χ1v) is 9.88. The molecular formula is C22H25N5O2. The van der Waals surface area contributed by atoms with Crippen molar-refractivity contribution in [2.45, 2.75) is 39.7 Å². The highest BCUT2D eigenvalue weighted by atomic mass is 16.2. The number of imidazole rings is 2. The molecule has 0 radical (unpaired) electrons. The van der Waals surface area contributed by atoms with Gasteiger partial charge in [0.2, 0.25) is 5.78 Å². The van der Waals surface area contributed by atoms with Crippen molar-refractivity contribution in [1.82, 2.24) is 23.1 Å². The Morgan fingerprint density at radius 3 is 2.55 bits per heavy atom. The minimum absolute atomic E-state index is 0.160. The molecule has 0 atom stereocenters. The smallest absolute Gasteiger partial charge is 0.283 e. The summed E-state index contributed by atoms with van der Waals surface area (Å²) in [6.07, 6.45) is 6.84. The molecule has 0 fully saturated rings. The number of aryl methyl sites for hydroxylation is 3. The topological polar surface area (TPSA) is 66.2 Å². The average molecular weight is 391 g/mol. The maximum absolute atomic E-state index is 13.0. The van der Waals surface area contributed by atoms with Crippen LogP contribution in [0, 0.1) is 6.92 Å². The molecule has 4 aromatic rings. The molecule has 7 nitrogen and oxygen atoms in total. The molecule has 0 N–H and O–H groups in total. The van der Waals surface area contributed by atoms with Crippen LogP contribution < -0.4 is 11.2 Å². The molecule has 3 heterocycles. The minimum atomic E-state index is -0.397. The Bertz CT molecular complexity index is 1330. The van der Waals surface area contributed by atoms with E-state index in [1.54, 1.807) is 17.5 Å². The highest BCUT2D eigenvalue weighted by Crippen LogP contribution is 2.21. The van der Waals surface area contributed by atoms with Gasteiger partial charge >= 0.3 is 5.69 Å². The van der Waals surface area contributed by atoms with Crippen molar-refractivity contribution >= 4 is 16.9 Å². The molecule has 1 aromatic carbocycles. The predicted octanol–water partition coefficient (Wildman–Crippen LogP) is 2.98. The number of allylic oxidation sites excluding steroid dienone is 1. The second-order valence-electron chi connectivity index (χ2n) is 7.38. The molecule has 0 aliphatic carbocycles. The summed E-state index contributed by atoms with van der Waals surface area (Å²) < 4.78 is 6.38. The number of unbranched alkanes of at least 4 members (excludes halogenated alkanes) is 1. The second-order valence-corrected chi connectivity index (χ2v) is 7.38. The molecule has 3 aromatic heterocycles. The van der Waals surface area contributed by atoms with E-state index in [1.807, 2.05) is 17.7 Å². The van der Waals surface area contributed by atoms with Crippen LogP contribution in [0.1, 0.15) is 31.0 Å². The van der Waals surface area contributed by atoms with Crippen LogP contribution in [0.25, 0.3) is 22.6 Å². The van der Waals surface area contributed by atoms with Gasteiger partial charge in [0, 0.05) is 31.2 Å². The number of hydrogen-bond acceptors (Lipinski definition) is 3. The summed E-state index contributed by atoms with van der Waals surface area (Å²) >= 11 is 0. The van der Waals surface area contributed by atoms with Crippen molar-refractivity contribution in [2.24, 2.45) is 7.05 Å². The van der Waals surface area contributed by atoms with E-state index >= 15 is 0 Å². The molecule has 29 heavy (non-hydrogen) atoms. The molecule has 0 unspecified atom stereocenters. The van der Waals surface area contributed by atoms with E-state index in [9.17, 15) is 9.59 Å². The van der Waals surface area contributed by atoms with Gasteiger partial charge in [-0.3, -0.25) is 22.9 Å². The van der Waals surface area contributed by atoms with Crippen molar-refractivity contribution < 1.29 is 0 Å². The van der Waals surface area contributed by atoms with Crippen LogP contribution >= 0.6 is 0 Å². The number of nitrogens with zero attached hydrogens (tertiary/aromatic N) is 5. The lowest BCUT2D eigenvalue weighted by Crippen LogP contribution is -2.39. The molecular weight excluding hydrogens is 366 g/mol. The van der Waals surface area contributed by atoms with Crippen LogP contribution in [0.4, 0.5) is 0 Å². The Kier molecular flexibility index (Phi) is 4.74. The second kappa shape index (κ2) is 7.24. The van der Waals surface area contributed by atoms with Crippen molar-refractivity contribution in [1.29, 1.82) is 0 Å². The molecule has 4 rings (SSSR count). The van der Waals surface area contributed by atoms with Crippen LogP contribution in [0.2, 0.25) is 0 Å². The molecule has 0 amide bonds. The van der Waals surface area contributed by atoms with Gasteiger partial charge in [-0.2, -0.15) is 4.98 Å². The van der Waals surface area contributed by atoms with Gasteiger partial charge in [0.15, 0.2) is 11.2 Å². The molecule has 0 aliphatic rings. The van der Waals surface area contributed by atoms with Gasteiger partial charge in [-0.25, -0.2) is 4.79 Å². The number of aromatic nitrogens is 5. The molecule has 0 aliphatic heterocycles. The fraction of sp³-hybridized carbons (Fsp3) is 0.318. The Labute approximate surface area is 168 Å². The van der Waals surface area contributed by atoms with E-state index in [4.69, 9.17) is 0 Å². The number of benzene rings is 1. The minimum Gasteiger partial charge on any atom is -0.283 e. The molecule has 0 bridgehead atoms. The average Bonchev–Trinajstić information content (AvgIpc) is 3.23.